The number of thiophene rings is 2. The maximum Gasteiger partial charge on any atom is 0.0727 e. The lowest BCUT2D eigenvalue weighted by Crippen LogP contribution is -1.92. The molecule has 0 aliphatic heterocycles. The van der Waals surface area contributed by atoms with Gasteiger partial charge in [-0.1, -0.05) is 109 Å². The van der Waals surface area contributed by atoms with Crippen LogP contribution < -0.4 is 0 Å². The molecule has 0 aliphatic rings. The molecular weight excluding hydrogens is 535 g/mol. The minimum absolute atomic E-state index is 1.20. The molecule has 1 nitrogen and oxygen atoms in total. The van der Waals surface area contributed by atoms with Gasteiger partial charge in [0.25, 0.3) is 0 Å². The van der Waals surface area contributed by atoms with Crippen molar-refractivity contribution in [1.29, 1.82) is 0 Å². The Bertz CT molecular complexity index is 2400. The summed E-state index contributed by atoms with van der Waals surface area (Å²) < 4.78 is 7.81. The average Bonchev–Trinajstić information content (AvgIpc) is 3.70. The highest BCUT2D eigenvalue weighted by Crippen LogP contribution is 2.45. The first-order chi connectivity index (χ1) is 20.3. The fraction of sp³-hybridized carbons (Fsp3) is 0. The first-order valence-corrected chi connectivity index (χ1v) is 15.5. The van der Waals surface area contributed by atoms with E-state index in [2.05, 4.69) is 144 Å². The first kappa shape index (κ1) is 23.0. The van der Waals surface area contributed by atoms with Crippen LogP contribution in [0.25, 0.3) is 79.3 Å². The molecule has 0 fully saturated rings. The van der Waals surface area contributed by atoms with Crippen molar-refractivity contribution in [3.63, 3.8) is 0 Å². The smallest absolute Gasteiger partial charge is 0.0727 e. The van der Waals surface area contributed by atoms with Crippen LogP contribution in [-0.2, 0) is 0 Å². The summed E-state index contributed by atoms with van der Waals surface area (Å²) in [4.78, 5) is 0. The van der Waals surface area contributed by atoms with E-state index in [-0.39, 0.29) is 0 Å². The van der Waals surface area contributed by atoms with Crippen LogP contribution in [0.2, 0.25) is 0 Å². The minimum Gasteiger partial charge on any atom is -0.308 e. The lowest BCUT2D eigenvalue weighted by Gasteiger charge is -2.09. The molecule has 9 aromatic rings. The molecule has 0 atom stereocenters. The van der Waals surface area contributed by atoms with E-state index in [1.807, 2.05) is 22.7 Å². The van der Waals surface area contributed by atoms with Crippen molar-refractivity contribution in [1.82, 2.24) is 4.57 Å². The predicted molar refractivity (Wildman–Crippen MR) is 180 cm³/mol. The van der Waals surface area contributed by atoms with Gasteiger partial charge in [0, 0.05) is 41.3 Å². The molecule has 0 saturated carbocycles. The van der Waals surface area contributed by atoms with Crippen molar-refractivity contribution >= 4 is 74.1 Å². The van der Waals surface area contributed by atoms with Gasteiger partial charge >= 0.3 is 0 Å². The predicted octanol–water partition coefficient (Wildman–Crippen LogP) is 11.7. The Morgan fingerprint density at radius 1 is 0.415 bits per heavy atom. The first-order valence-electron chi connectivity index (χ1n) is 13.9. The monoisotopic (exact) mass is 557 g/mol. The summed E-state index contributed by atoms with van der Waals surface area (Å²) in [5.41, 5.74) is 8.81. The lowest BCUT2D eigenvalue weighted by atomic mass is 9.99. The Balaban J connectivity index is 1.19. The summed E-state index contributed by atoms with van der Waals surface area (Å²) in [6, 6.07) is 51.0. The van der Waals surface area contributed by atoms with Crippen LogP contribution >= 0.6 is 22.7 Å². The fourth-order valence-corrected chi connectivity index (χ4v) is 8.81. The third-order valence-corrected chi connectivity index (χ3v) is 10.6. The highest BCUT2D eigenvalue weighted by molar-refractivity contribution is 7.27. The summed E-state index contributed by atoms with van der Waals surface area (Å²) in [6.07, 6.45) is 0. The van der Waals surface area contributed by atoms with Gasteiger partial charge in [0.05, 0.1) is 15.7 Å². The number of hydrogen-bond acceptors (Lipinski definition) is 2. The quantitative estimate of drug-likeness (QED) is 0.204. The molecule has 0 aliphatic carbocycles. The molecule has 0 bridgehead atoms. The molecule has 0 saturated heterocycles. The number of rotatable bonds is 3. The topological polar surface area (TPSA) is 4.93 Å². The van der Waals surface area contributed by atoms with Gasteiger partial charge in [-0.25, -0.2) is 0 Å². The normalized spacial score (nSPS) is 11.9. The van der Waals surface area contributed by atoms with E-state index >= 15 is 0 Å². The van der Waals surface area contributed by atoms with Crippen molar-refractivity contribution in [3.8, 4) is 27.9 Å². The Morgan fingerprint density at radius 3 is 1.98 bits per heavy atom. The van der Waals surface area contributed by atoms with Gasteiger partial charge in [-0.2, -0.15) is 0 Å². The van der Waals surface area contributed by atoms with Gasteiger partial charge in [0.1, 0.15) is 0 Å². The van der Waals surface area contributed by atoms with Crippen molar-refractivity contribution in [2.45, 2.75) is 0 Å². The second-order valence-electron chi connectivity index (χ2n) is 10.5. The fourth-order valence-electron chi connectivity index (χ4n) is 6.31. The molecule has 3 aromatic heterocycles. The molecule has 6 aromatic carbocycles. The zero-order chi connectivity index (χ0) is 26.9. The van der Waals surface area contributed by atoms with Crippen LogP contribution in [0.4, 0.5) is 0 Å². The standard InChI is InChI=1S/C38H23NS2/c1-2-9-27(10-3-1)39-33-15-6-4-12-31(33)38-36(39)32-14-8-13-28(37(32)41-38)25-19-17-24(18-20-25)26-21-22-30-29-11-5-7-16-34(29)40-35(30)23-26/h1-23H. The Hall–Kier alpha value is -4.70. The number of benzene rings is 6. The molecule has 0 N–H and O–H groups in total. The van der Waals surface area contributed by atoms with Crippen molar-refractivity contribution in [2.24, 2.45) is 0 Å². The molecule has 3 heterocycles. The van der Waals surface area contributed by atoms with Gasteiger partial charge in [-0.15, -0.1) is 22.7 Å². The van der Waals surface area contributed by atoms with Crippen molar-refractivity contribution in [3.05, 3.63) is 140 Å². The zero-order valence-electron chi connectivity index (χ0n) is 22.0. The van der Waals surface area contributed by atoms with Gasteiger partial charge in [0.15, 0.2) is 0 Å². The summed E-state index contributed by atoms with van der Waals surface area (Å²) in [5.74, 6) is 0. The molecule has 0 spiro atoms. The van der Waals surface area contributed by atoms with Gasteiger partial charge in [0.2, 0.25) is 0 Å². The van der Waals surface area contributed by atoms with E-state index in [0.717, 1.165) is 0 Å². The second-order valence-corrected chi connectivity index (χ2v) is 12.6. The van der Waals surface area contributed by atoms with Crippen LogP contribution in [0.15, 0.2) is 140 Å². The van der Waals surface area contributed by atoms with Crippen LogP contribution in [-0.4, -0.2) is 4.57 Å². The highest BCUT2D eigenvalue weighted by Gasteiger charge is 2.19. The SMILES string of the molecule is c1ccc(-n2c3ccccc3c3sc4c(-c5ccc(-c6ccc7c(c6)sc6ccccc67)cc5)cccc4c32)cc1. The van der Waals surface area contributed by atoms with E-state index in [1.54, 1.807) is 0 Å². The molecule has 0 radical (unpaired) electrons. The third kappa shape index (κ3) is 3.46. The molecule has 3 heteroatoms. The number of para-hydroxylation sites is 2. The number of aromatic nitrogens is 1. The van der Waals surface area contributed by atoms with Crippen LogP contribution in [0.5, 0.6) is 0 Å². The summed E-state index contributed by atoms with van der Waals surface area (Å²) >= 11 is 3.79. The Morgan fingerprint density at radius 2 is 1.10 bits per heavy atom. The molecule has 0 unspecified atom stereocenters. The second kappa shape index (κ2) is 8.90. The van der Waals surface area contributed by atoms with E-state index < -0.39 is 0 Å². The Labute approximate surface area is 245 Å². The summed E-state index contributed by atoms with van der Waals surface area (Å²) in [5, 5.41) is 5.31. The summed E-state index contributed by atoms with van der Waals surface area (Å²) in [6.45, 7) is 0. The zero-order valence-corrected chi connectivity index (χ0v) is 23.7. The van der Waals surface area contributed by atoms with Crippen molar-refractivity contribution in [2.75, 3.05) is 0 Å². The van der Waals surface area contributed by atoms with Crippen LogP contribution in [0, 0.1) is 0 Å². The molecule has 9 rings (SSSR count). The van der Waals surface area contributed by atoms with Crippen LogP contribution in [0.1, 0.15) is 0 Å². The van der Waals surface area contributed by atoms with Crippen molar-refractivity contribution < 1.29 is 0 Å². The van der Waals surface area contributed by atoms with E-state index in [0.29, 0.717) is 0 Å². The number of fused-ring (bicyclic) bond motifs is 8. The maximum absolute atomic E-state index is 2.43. The molecule has 41 heavy (non-hydrogen) atoms. The van der Waals surface area contributed by atoms with Gasteiger partial charge in [-0.3, -0.25) is 0 Å². The van der Waals surface area contributed by atoms with Gasteiger partial charge in [-0.05, 0) is 52.6 Å². The highest BCUT2D eigenvalue weighted by atomic mass is 32.1. The average molecular weight is 558 g/mol. The lowest BCUT2D eigenvalue weighted by molar-refractivity contribution is 1.19. The third-order valence-electron chi connectivity index (χ3n) is 8.22. The summed E-state index contributed by atoms with van der Waals surface area (Å²) in [7, 11) is 0. The van der Waals surface area contributed by atoms with Crippen LogP contribution in [0.3, 0.4) is 0 Å². The van der Waals surface area contributed by atoms with E-state index in [1.165, 1.54) is 79.3 Å². The molecule has 0 amide bonds. The largest absolute Gasteiger partial charge is 0.308 e. The van der Waals surface area contributed by atoms with Gasteiger partial charge < -0.3 is 4.57 Å². The number of nitrogens with zero attached hydrogens (tertiary/aromatic N) is 1. The van der Waals surface area contributed by atoms with E-state index in [4.69, 9.17) is 0 Å². The van der Waals surface area contributed by atoms with E-state index in [9.17, 15) is 0 Å². The minimum atomic E-state index is 1.20. The number of hydrogen-bond donors (Lipinski definition) is 0. The Kier molecular flexibility index (Phi) is 5.00. The maximum atomic E-state index is 2.43. The molecule has 192 valence electrons. The molecular formula is C38H23NS2.